The molecule has 0 aliphatic carbocycles. The Morgan fingerprint density at radius 1 is 1.26 bits per heavy atom. The van der Waals surface area contributed by atoms with E-state index in [4.69, 9.17) is 4.74 Å². The van der Waals surface area contributed by atoms with E-state index in [2.05, 4.69) is 4.72 Å². The van der Waals surface area contributed by atoms with Crippen LogP contribution in [0.2, 0.25) is 0 Å². The molecule has 0 bridgehead atoms. The molecule has 0 spiro atoms. The second-order valence-corrected chi connectivity index (χ2v) is 7.56. The molecule has 0 aromatic heterocycles. The van der Waals surface area contributed by atoms with Gasteiger partial charge in [0, 0.05) is 13.1 Å². The van der Waals surface area contributed by atoms with E-state index in [1.165, 1.54) is 0 Å². The molecule has 0 saturated carbocycles. The summed E-state index contributed by atoms with van der Waals surface area (Å²) >= 11 is 0. The van der Waals surface area contributed by atoms with Gasteiger partial charge in [-0.05, 0) is 25.3 Å². The highest BCUT2D eigenvalue weighted by atomic mass is 32.2. The molecule has 1 saturated heterocycles. The standard InChI is InChI=1S/C16H24N2O4S/c1-14(16(19)18-9-11-22-12-10-18)17-23(20,21)13-5-8-15-6-3-2-4-7-15/h2-4,6-7,14,17H,5,8-13H2,1H3/t14-/m0/s1. The van der Waals surface area contributed by atoms with E-state index >= 15 is 0 Å². The highest BCUT2D eigenvalue weighted by Gasteiger charge is 2.25. The number of nitrogens with zero attached hydrogens (tertiary/aromatic N) is 1. The van der Waals surface area contributed by atoms with Crippen molar-refractivity contribution < 1.29 is 17.9 Å². The van der Waals surface area contributed by atoms with Crippen LogP contribution in [0.3, 0.4) is 0 Å². The first-order chi connectivity index (χ1) is 11.0. The predicted molar refractivity (Wildman–Crippen MR) is 88.5 cm³/mol. The number of rotatable bonds is 7. The molecule has 0 unspecified atom stereocenters. The van der Waals surface area contributed by atoms with Crippen LogP contribution in [-0.2, 0) is 26.0 Å². The Hall–Kier alpha value is -1.44. The molecule has 6 nitrogen and oxygen atoms in total. The van der Waals surface area contributed by atoms with Gasteiger partial charge in [0.2, 0.25) is 15.9 Å². The molecular formula is C16H24N2O4S. The molecule has 0 radical (unpaired) electrons. The largest absolute Gasteiger partial charge is 0.378 e. The number of benzene rings is 1. The maximum absolute atomic E-state index is 12.2. The van der Waals surface area contributed by atoms with Crippen molar-refractivity contribution in [2.24, 2.45) is 0 Å². The minimum atomic E-state index is -3.46. The first kappa shape index (κ1) is 17.9. The fraction of sp³-hybridized carbons (Fsp3) is 0.562. The predicted octanol–water partition coefficient (Wildman–Crippen LogP) is 0.786. The molecule has 1 heterocycles. The van der Waals surface area contributed by atoms with E-state index in [0.717, 1.165) is 5.56 Å². The number of sulfonamides is 1. The van der Waals surface area contributed by atoms with Crippen molar-refractivity contribution in [3.63, 3.8) is 0 Å². The summed E-state index contributed by atoms with van der Waals surface area (Å²) in [6, 6.07) is 9.02. The van der Waals surface area contributed by atoms with Crippen LogP contribution in [0.5, 0.6) is 0 Å². The van der Waals surface area contributed by atoms with Gasteiger partial charge in [-0.25, -0.2) is 13.1 Å². The van der Waals surface area contributed by atoms with Gasteiger partial charge in [-0.1, -0.05) is 30.3 Å². The SMILES string of the molecule is C[C@H](NS(=O)(=O)CCCc1ccccc1)C(=O)N1CCOCC1. The Bertz CT molecular complexity index is 598. The first-order valence-corrected chi connectivity index (χ1v) is 9.53. The topological polar surface area (TPSA) is 75.7 Å². The number of ether oxygens (including phenoxy) is 1. The van der Waals surface area contributed by atoms with Gasteiger partial charge in [0.1, 0.15) is 0 Å². The van der Waals surface area contributed by atoms with Crippen molar-refractivity contribution in [1.29, 1.82) is 0 Å². The summed E-state index contributed by atoms with van der Waals surface area (Å²) in [7, 11) is -3.46. The molecule has 1 atom stereocenters. The van der Waals surface area contributed by atoms with Gasteiger partial charge >= 0.3 is 0 Å². The monoisotopic (exact) mass is 340 g/mol. The maximum atomic E-state index is 12.2. The van der Waals surface area contributed by atoms with Gasteiger partial charge < -0.3 is 9.64 Å². The molecular weight excluding hydrogens is 316 g/mol. The number of hydrogen-bond acceptors (Lipinski definition) is 4. The van der Waals surface area contributed by atoms with Crippen LogP contribution in [-0.4, -0.2) is 57.3 Å². The highest BCUT2D eigenvalue weighted by Crippen LogP contribution is 2.05. The van der Waals surface area contributed by atoms with E-state index < -0.39 is 16.1 Å². The Morgan fingerprint density at radius 2 is 1.91 bits per heavy atom. The van der Waals surface area contributed by atoms with E-state index in [0.29, 0.717) is 39.1 Å². The van der Waals surface area contributed by atoms with E-state index in [1.807, 2.05) is 30.3 Å². The summed E-state index contributed by atoms with van der Waals surface area (Å²) in [5, 5.41) is 0. The number of amides is 1. The smallest absolute Gasteiger partial charge is 0.240 e. The van der Waals surface area contributed by atoms with Gasteiger partial charge in [0.15, 0.2) is 0 Å². The van der Waals surface area contributed by atoms with Crippen molar-refractivity contribution in [1.82, 2.24) is 9.62 Å². The Morgan fingerprint density at radius 3 is 2.57 bits per heavy atom. The molecule has 1 aliphatic heterocycles. The van der Waals surface area contributed by atoms with Crippen LogP contribution in [0.4, 0.5) is 0 Å². The van der Waals surface area contributed by atoms with Crippen molar-refractivity contribution in [3.05, 3.63) is 35.9 Å². The third kappa shape index (κ3) is 5.93. The molecule has 128 valence electrons. The third-order valence-corrected chi connectivity index (χ3v) is 5.31. The van der Waals surface area contributed by atoms with E-state index in [-0.39, 0.29) is 11.7 Å². The minimum Gasteiger partial charge on any atom is -0.378 e. The molecule has 1 N–H and O–H groups in total. The lowest BCUT2D eigenvalue weighted by Gasteiger charge is -2.29. The fourth-order valence-electron chi connectivity index (χ4n) is 2.55. The number of carbonyl (C=O) groups is 1. The zero-order chi connectivity index (χ0) is 16.7. The van der Waals surface area contributed by atoms with Crippen LogP contribution >= 0.6 is 0 Å². The highest BCUT2D eigenvalue weighted by molar-refractivity contribution is 7.89. The zero-order valence-electron chi connectivity index (χ0n) is 13.4. The lowest BCUT2D eigenvalue weighted by molar-refractivity contribution is -0.136. The second-order valence-electron chi connectivity index (χ2n) is 5.69. The van der Waals surface area contributed by atoms with Crippen LogP contribution in [0.15, 0.2) is 30.3 Å². The number of morpholine rings is 1. The second kappa shape index (κ2) is 8.42. The van der Waals surface area contributed by atoms with Gasteiger partial charge in [0.05, 0.1) is 25.0 Å². The molecule has 1 aromatic rings. The van der Waals surface area contributed by atoms with Gasteiger partial charge in [-0.2, -0.15) is 0 Å². The van der Waals surface area contributed by atoms with Crippen LogP contribution in [0.1, 0.15) is 18.9 Å². The summed E-state index contributed by atoms with van der Waals surface area (Å²) < 4.78 is 31.9. The molecule has 1 aromatic carbocycles. The average Bonchev–Trinajstić information content (AvgIpc) is 2.55. The van der Waals surface area contributed by atoms with Crippen LogP contribution in [0.25, 0.3) is 0 Å². The van der Waals surface area contributed by atoms with Crippen molar-refractivity contribution in [2.45, 2.75) is 25.8 Å². The summed E-state index contributed by atoms with van der Waals surface area (Å²) in [5.41, 5.74) is 1.11. The number of aryl methyl sites for hydroxylation is 1. The summed E-state index contributed by atoms with van der Waals surface area (Å²) in [6.45, 7) is 3.62. The summed E-state index contributed by atoms with van der Waals surface area (Å²) in [5.74, 6) is -0.178. The molecule has 1 aliphatic rings. The summed E-state index contributed by atoms with van der Waals surface area (Å²) in [6.07, 6.45) is 1.23. The van der Waals surface area contributed by atoms with Gasteiger partial charge in [-0.15, -0.1) is 0 Å². The van der Waals surface area contributed by atoms with Crippen molar-refractivity contribution >= 4 is 15.9 Å². The lowest BCUT2D eigenvalue weighted by atomic mass is 10.1. The number of nitrogens with one attached hydrogen (secondary N) is 1. The zero-order valence-corrected chi connectivity index (χ0v) is 14.2. The molecule has 1 fully saturated rings. The Labute approximate surface area is 137 Å². The van der Waals surface area contributed by atoms with E-state index in [9.17, 15) is 13.2 Å². The lowest BCUT2D eigenvalue weighted by Crippen LogP contribution is -2.50. The summed E-state index contributed by atoms with van der Waals surface area (Å²) in [4.78, 5) is 13.9. The quantitative estimate of drug-likeness (QED) is 0.796. The third-order valence-electron chi connectivity index (χ3n) is 3.77. The number of hydrogen-bond donors (Lipinski definition) is 1. The minimum absolute atomic E-state index is 0.0165. The Kier molecular flexibility index (Phi) is 6.56. The van der Waals surface area contributed by atoms with Crippen LogP contribution < -0.4 is 4.72 Å². The van der Waals surface area contributed by atoms with E-state index in [1.54, 1.807) is 11.8 Å². The molecule has 1 amide bonds. The normalized spacial score (nSPS) is 17.0. The Balaban J connectivity index is 1.79. The van der Waals surface area contributed by atoms with Crippen molar-refractivity contribution in [2.75, 3.05) is 32.1 Å². The first-order valence-electron chi connectivity index (χ1n) is 7.88. The van der Waals surface area contributed by atoms with Crippen molar-refractivity contribution in [3.8, 4) is 0 Å². The molecule has 7 heteroatoms. The fourth-order valence-corrected chi connectivity index (χ4v) is 3.83. The molecule has 2 rings (SSSR count). The van der Waals surface area contributed by atoms with Gasteiger partial charge in [0.25, 0.3) is 0 Å². The van der Waals surface area contributed by atoms with Crippen LogP contribution in [0, 0.1) is 0 Å². The average molecular weight is 340 g/mol. The number of carbonyl (C=O) groups excluding carboxylic acids is 1. The maximum Gasteiger partial charge on any atom is 0.240 e. The van der Waals surface area contributed by atoms with Gasteiger partial charge in [-0.3, -0.25) is 4.79 Å². The molecule has 23 heavy (non-hydrogen) atoms.